The number of hydrogen-bond acceptors (Lipinski definition) is 4. The van der Waals surface area contributed by atoms with Crippen molar-refractivity contribution in [2.24, 2.45) is 11.7 Å². The number of carboxylic acid groups (broad SMARTS) is 1. The van der Waals surface area contributed by atoms with Crippen LogP contribution >= 0.6 is 0 Å². The highest BCUT2D eigenvalue weighted by Crippen LogP contribution is 2.17. The molecular weight excluding hydrogens is 282 g/mol. The number of amides is 1. The number of rotatable bonds is 9. The number of carboxylic acids is 1. The van der Waals surface area contributed by atoms with Crippen molar-refractivity contribution in [3.8, 4) is 0 Å². The Hall–Kier alpha value is -2.08. The summed E-state index contributed by atoms with van der Waals surface area (Å²) in [5.74, 6) is -1.74. The van der Waals surface area contributed by atoms with E-state index in [1.165, 1.54) is 0 Å². The predicted octanol–water partition coefficient (Wildman–Crippen LogP) is 1.26. The van der Waals surface area contributed by atoms with E-state index in [0.29, 0.717) is 12.1 Å². The number of hydrogen-bond donors (Lipinski definition) is 2. The van der Waals surface area contributed by atoms with E-state index in [0.717, 1.165) is 25.2 Å². The van der Waals surface area contributed by atoms with Crippen molar-refractivity contribution < 1.29 is 14.7 Å². The van der Waals surface area contributed by atoms with Gasteiger partial charge < -0.3 is 20.6 Å². The summed E-state index contributed by atoms with van der Waals surface area (Å²) in [7, 11) is 4.01. The molecule has 6 heteroatoms. The van der Waals surface area contributed by atoms with Crippen LogP contribution in [0.3, 0.4) is 0 Å². The van der Waals surface area contributed by atoms with Crippen LogP contribution in [0.2, 0.25) is 0 Å². The lowest BCUT2D eigenvalue weighted by Crippen LogP contribution is -2.34. The first kappa shape index (κ1) is 18.0. The van der Waals surface area contributed by atoms with Gasteiger partial charge in [0, 0.05) is 24.3 Å². The minimum atomic E-state index is -0.814. The van der Waals surface area contributed by atoms with E-state index >= 15 is 0 Å². The fourth-order valence-electron chi connectivity index (χ4n) is 2.15. The van der Waals surface area contributed by atoms with Crippen LogP contribution in [0.5, 0.6) is 0 Å². The minimum absolute atomic E-state index is 0.429. The molecule has 0 saturated heterocycles. The van der Waals surface area contributed by atoms with Crippen LogP contribution in [0.1, 0.15) is 23.7 Å². The van der Waals surface area contributed by atoms with E-state index in [9.17, 15) is 9.59 Å². The minimum Gasteiger partial charge on any atom is -0.481 e. The molecule has 0 aliphatic heterocycles. The highest BCUT2D eigenvalue weighted by atomic mass is 16.4. The number of nitrogens with zero attached hydrogens (tertiary/aromatic N) is 2. The van der Waals surface area contributed by atoms with Gasteiger partial charge in [-0.05, 0) is 51.3 Å². The fraction of sp³-hybridized carbons (Fsp3) is 0.500. The normalized spacial score (nSPS) is 12.2. The Morgan fingerprint density at radius 3 is 2.23 bits per heavy atom. The first-order valence-corrected chi connectivity index (χ1v) is 7.33. The summed E-state index contributed by atoms with van der Waals surface area (Å²) < 4.78 is 0. The highest BCUT2D eigenvalue weighted by Gasteiger charge is 2.17. The van der Waals surface area contributed by atoms with Crippen LogP contribution in [0, 0.1) is 5.92 Å². The van der Waals surface area contributed by atoms with Crippen molar-refractivity contribution in [3.05, 3.63) is 29.8 Å². The average molecular weight is 307 g/mol. The van der Waals surface area contributed by atoms with Gasteiger partial charge in [0.25, 0.3) is 0 Å². The van der Waals surface area contributed by atoms with Gasteiger partial charge in [0.1, 0.15) is 0 Å². The Morgan fingerprint density at radius 1 is 1.18 bits per heavy atom. The van der Waals surface area contributed by atoms with E-state index in [4.69, 9.17) is 10.8 Å². The number of nitrogens with two attached hydrogens (primary N) is 1. The second-order valence-corrected chi connectivity index (χ2v) is 5.75. The molecule has 122 valence electrons. The molecule has 3 N–H and O–H groups in total. The summed E-state index contributed by atoms with van der Waals surface area (Å²) >= 11 is 0. The molecule has 6 nitrogen and oxygen atoms in total. The van der Waals surface area contributed by atoms with Gasteiger partial charge in [0.15, 0.2) is 0 Å². The topological polar surface area (TPSA) is 86.9 Å². The molecule has 1 unspecified atom stereocenters. The van der Waals surface area contributed by atoms with Crippen molar-refractivity contribution in [3.63, 3.8) is 0 Å². The first-order valence-electron chi connectivity index (χ1n) is 7.33. The Kier molecular flexibility index (Phi) is 6.85. The van der Waals surface area contributed by atoms with E-state index < -0.39 is 17.8 Å². The highest BCUT2D eigenvalue weighted by molar-refractivity contribution is 5.93. The molecule has 0 aromatic heterocycles. The van der Waals surface area contributed by atoms with Crippen molar-refractivity contribution in [1.29, 1.82) is 0 Å². The zero-order valence-corrected chi connectivity index (χ0v) is 13.5. The predicted molar refractivity (Wildman–Crippen MR) is 87.1 cm³/mol. The molecule has 0 aliphatic rings. The van der Waals surface area contributed by atoms with E-state index in [-0.39, 0.29) is 0 Å². The number of aliphatic carboxylic acids is 1. The van der Waals surface area contributed by atoms with Gasteiger partial charge in [-0.1, -0.05) is 6.92 Å². The van der Waals surface area contributed by atoms with Crippen LogP contribution in [0.25, 0.3) is 0 Å². The molecule has 1 atom stereocenters. The first-order chi connectivity index (χ1) is 10.3. The fourth-order valence-corrected chi connectivity index (χ4v) is 2.15. The molecular formula is C16H25N3O3. The van der Waals surface area contributed by atoms with Crippen molar-refractivity contribution in [1.82, 2.24) is 4.90 Å². The molecule has 0 bridgehead atoms. The summed E-state index contributed by atoms with van der Waals surface area (Å²) in [6.07, 6.45) is 0.927. The average Bonchev–Trinajstić information content (AvgIpc) is 2.45. The van der Waals surface area contributed by atoms with Crippen LogP contribution in [-0.2, 0) is 4.79 Å². The lowest BCUT2D eigenvalue weighted by Gasteiger charge is -2.27. The monoisotopic (exact) mass is 307 g/mol. The van der Waals surface area contributed by atoms with Gasteiger partial charge >= 0.3 is 5.97 Å². The van der Waals surface area contributed by atoms with Gasteiger partial charge in [-0.3, -0.25) is 9.59 Å². The largest absolute Gasteiger partial charge is 0.481 e. The molecule has 0 radical (unpaired) electrons. The maximum Gasteiger partial charge on any atom is 0.308 e. The number of carbonyl (C=O) groups is 2. The summed E-state index contributed by atoms with van der Waals surface area (Å²) in [5.41, 5.74) is 6.59. The maximum absolute atomic E-state index is 11.1. The third-order valence-corrected chi connectivity index (χ3v) is 3.47. The summed E-state index contributed by atoms with van der Waals surface area (Å²) in [4.78, 5) is 26.3. The third-order valence-electron chi connectivity index (χ3n) is 3.47. The quantitative estimate of drug-likeness (QED) is 0.717. The third kappa shape index (κ3) is 5.73. The van der Waals surface area contributed by atoms with Crippen LogP contribution in [0.15, 0.2) is 24.3 Å². The molecule has 1 amide bonds. The SMILES string of the molecule is CC(CN(CCCN(C)C)c1ccc(C(N)=O)cc1)C(=O)O. The zero-order chi connectivity index (χ0) is 16.7. The Morgan fingerprint density at radius 2 is 1.77 bits per heavy atom. The smallest absolute Gasteiger partial charge is 0.308 e. The Balaban J connectivity index is 2.82. The number of carbonyl (C=O) groups excluding carboxylic acids is 1. The standard InChI is InChI=1S/C16H25N3O3/c1-12(16(21)22)11-19(10-4-9-18(2)3)14-7-5-13(6-8-14)15(17)20/h5-8,12H,4,9-11H2,1-3H3,(H2,17,20)(H,21,22). The van der Waals surface area contributed by atoms with Crippen molar-refractivity contribution in [2.45, 2.75) is 13.3 Å². The van der Waals surface area contributed by atoms with Gasteiger partial charge in [0.2, 0.25) is 5.91 Å². The lowest BCUT2D eigenvalue weighted by molar-refractivity contribution is -0.140. The number of benzene rings is 1. The summed E-state index contributed by atoms with van der Waals surface area (Å²) in [5, 5.41) is 9.11. The number of anilines is 1. The molecule has 0 saturated carbocycles. The zero-order valence-electron chi connectivity index (χ0n) is 13.5. The van der Waals surface area contributed by atoms with Gasteiger partial charge in [-0.2, -0.15) is 0 Å². The lowest BCUT2D eigenvalue weighted by atomic mass is 10.1. The Bertz CT molecular complexity index is 500. The van der Waals surface area contributed by atoms with Crippen LogP contribution < -0.4 is 10.6 Å². The molecule has 22 heavy (non-hydrogen) atoms. The summed E-state index contributed by atoms with van der Waals surface area (Å²) in [6.45, 7) is 3.81. The number of primary amides is 1. The van der Waals surface area contributed by atoms with E-state index in [1.807, 2.05) is 31.1 Å². The second kappa shape index (κ2) is 8.38. The molecule has 1 aromatic carbocycles. The molecule has 0 fully saturated rings. The van der Waals surface area contributed by atoms with Crippen LogP contribution in [-0.4, -0.2) is 55.6 Å². The molecule has 0 aliphatic carbocycles. The maximum atomic E-state index is 11.1. The van der Waals surface area contributed by atoms with E-state index in [1.54, 1.807) is 19.1 Å². The van der Waals surface area contributed by atoms with Crippen LogP contribution in [0.4, 0.5) is 5.69 Å². The van der Waals surface area contributed by atoms with Crippen molar-refractivity contribution in [2.75, 3.05) is 38.6 Å². The molecule has 1 aromatic rings. The van der Waals surface area contributed by atoms with E-state index in [2.05, 4.69) is 4.90 Å². The summed E-state index contributed by atoms with van der Waals surface area (Å²) in [6, 6.07) is 6.96. The van der Waals surface area contributed by atoms with Crippen molar-refractivity contribution >= 4 is 17.6 Å². The Labute approximate surface area is 131 Å². The van der Waals surface area contributed by atoms with Gasteiger partial charge in [-0.25, -0.2) is 0 Å². The molecule has 1 rings (SSSR count). The van der Waals surface area contributed by atoms with Gasteiger partial charge in [0.05, 0.1) is 5.92 Å². The van der Waals surface area contributed by atoms with Gasteiger partial charge in [-0.15, -0.1) is 0 Å². The molecule has 0 spiro atoms. The second-order valence-electron chi connectivity index (χ2n) is 5.75. The molecule has 0 heterocycles.